The summed E-state index contributed by atoms with van der Waals surface area (Å²) in [6, 6.07) is 5.81. The monoisotopic (exact) mass is 300 g/mol. The summed E-state index contributed by atoms with van der Waals surface area (Å²) in [4.78, 5) is 3.81. The second-order valence-electron chi connectivity index (χ2n) is 4.39. The third-order valence-electron chi connectivity index (χ3n) is 3.13. The van der Waals surface area contributed by atoms with E-state index in [1.54, 1.807) is 6.07 Å². The van der Waals surface area contributed by atoms with Gasteiger partial charge in [0.2, 0.25) is 0 Å². The minimum absolute atomic E-state index is 0.106. The quantitative estimate of drug-likeness (QED) is 0.500. The summed E-state index contributed by atoms with van der Waals surface area (Å²) in [5.41, 5.74) is -1.40. The smallest absolute Gasteiger partial charge is 0.369 e. The Bertz CT molecular complexity index is 939. The number of fused-ring (bicyclic) bond motifs is 1. The molecule has 0 aliphatic carbocycles. The molecule has 0 saturated carbocycles. The van der Waals surface area contributed by atoms with Crippen LogP contribution in [0.4, 0.5) is 8.78 Å². The van der Waals surface area contributed by atoms with Gasteiger partial charge in [-0.3, -0.25) is 4.98 Å². The fourth-order valence-corrected chi connectivity index (χ4v) is 2.14. The lowest BCUT2D eigenvalue weighted by molar-refractivity contribution is -0.622. The Morgan fingerprint density at radius 2 is 1.73 bits per heavy atom. The number of hydrogen-bond acceptors (Lipinski definition) is 4. The van der Waals surface area contributed by atoms with Gasteiger partial charge in [0.25, 0.3) is 11.0 Å². The molecule has 6 nitrogen and oxygen atoms in total. The Morgan fingerprint density at radius 1 is 1.09 bits per heavy atom. The number of halogens is 2. The number of benzene rings is 1. The summed E-state index contributed by atoms with van der Waals surface area (Å²) in [6.07, 6.45) is 2.74. The first-order chi connectivity index (χ1) is 10.5. The standard InChI is InChI=1S/C14H6F2N4O2/c15-9-4-11-12(5-10(9)16)20(22)14(13(6-17)19(11)21)8-2-1-3-18-7-8/h1-5,7H. The van der Waals surface area contributed by atoms with Crippen LogP contribution in [0.1, 0.15) is 5.69 Å². The molecule has 22 heavy (non-hydrogen) atoms. The minimum atomic E-state index is -1.28. The van der Waals surface area contributed by atoms with Gasteiger partial charge < -0.3 is 10.4 Å². The molecule has 2 aromatic heterocycles. The highest BCUT2D eigenvalue weighted by Gasteiger charge is 2.31. The molecule has 0 fully saturated rings. The average Bonchev–Trinajstić information content (AvgIpc) is 2.53. The van der Waals surface area contributed by atoms with Gasteiger partial charge >= 0.3 is 11.4 Å². The van der Waals surface area contributed by atoms with Crippen molar-refractivity contribution >= 4 is 11.0 Å². The fraction of sp³-hybridized carbons (Fsp3) is 0. The maximum atomic E-state index is 13.4. The van der Waals surface area contributed by atoms with E-state index < -0.39 is 22.8 Å². The van der Waals surface area contributed by atoms with Gasteiger partial charge in [-0.15, -0.1) is 4.73 Å². The molecule has 0 atom stereocenters. The van der Waals surface area contributed by atoms with Crippen molar-refractivity contribution in [1.29, 1.82) is 5.26 Å². The van der Waals surface area contributed by atoms with Gasteiger partial charge in [-0.2, -0.15) is 9.99 Å². The van der Waals surface area contributed by atoms with Crippen LogP contribution < -0.4 is 9.46 Å². The first kappa shape index (κ1) is 13.6. The van der Waals surface area contributed by atoms with E-state index in [0.29, 0.717) is 12.1 Å². The van der Waals surface area contributed by atoms with Crippen molar-refractivity contribution in [1.82, 2.24) is 4.98 Å². The Labute approximate surface area is 122 Å². The molecule has 0 bridgehead atoms. The van der Waals surface area contributed by atoms with Crippen LogP contribution >= 0.6 is 0 Å². The van der Waals surface area contributed by atoms with E-state index in [1.165, 1.54) is 24.5 Å². The number of aromatic nitrogens is 3. The molecule has 0 aliphatic heterocycles. The van der Waals surface area contributed by atoms with Gasteiger partial charge in [0.15, 0.2) is 17.7 Å². The maximum absolute atomic E-state index is 13.4. The van der Waals surface area contributed by atoms with Gasteiger partial charge in [-0.25, -0.2) is 8.78 Å². The lowest BCUT2D eigenvalue weighted by Crippen LogP contribution is -2.43. The molecular weight excluding hydrogens is 294 g/mol. The van der Waals surface area contributed by atoms with Crippen molar-refractivity contribution in [2.24, 2.45) is 0 Å². The van der Waals surface area contributed by atoms with Crippen molar-refractivity contribution < 1.29 is 18.2 Å². The average molecular weight is 300 g/mol. The molecule has 0 N–H and O–H groups in total. The Kier molecular flexibility index (Phi) is 3.03. The van der Waals surface area contributed by atoms with Crippen LogP contribution in [0, 0.1) is 33.4 Å². The molecule has 108 valence electrons. The SMILES string of the molecule is N#Cc1c(-c2cccnc2)[n+]([O-])c2cc(F)c(F)cc2[n+]1[O-]. The van der Waals surface area contributed by atoms with E-state index in [0.717, 1.165) is 0 Å². The molecule has 0 spiro atoms. The molecule has 2 heterocycles. The van der Waals surface area contributed by atoms with E-state index in [-0.39, 0.29) is 26.2 Å². The van der Waals surface area contributed by atoms with Gasteiger partial charge in [-0.1, -0.05) is 0 Å². The Hall–Kier alpha value is -3.34. The third-order valence-corrected chi connectivity index (χ3v) is 3.13. The molecule has 0 aliphatic rings. The molecule has 0 unspecified atom stereocenters. The van der Waals surface area contributed by atoms with Crippen molar-refractivity contribution in [3.63, 3.8) is 0 Å². The van der Waals surface area contributed by atoms with Crippen LogP contribution in [0.15, 0.2) is 36.7 Å². The van der Waals surface area contributed by atoms with Gasteiger partial charge in [-0.05, 0) is 12.1 Å². The predicted octanol–water partition coefficient (Wildman–Crippen LogP) is 1.32. The highest BCUT2D eigenvalue weighted by molar-refractivity contribution is 5.71. The molecule has 0 radical (unpaired) electrons. The highest BCUT2D eigenvalue weighted by Crippen LogP contribution is 2.20. The van der Waals surface area contributed by atoms with E-state index in [1.807, 2.05) is 0 Å². The van der Waals surface area contributed by atoms with Crippen LogP contribution in [-0.2, 0) is 0 Å². The normalized spacial score (nSPS) is 10.6. The number of nitrogens with zero attached hydrogens (tertiary/aromatic N) is 4. The van der Waals surface area contributed by atoms with Crippen LogP contribution in [0.25, 0.3) is 22.3 Å². The van der Waals surface area contributed by atoms with Crippen molar-refractivity contribution in [2.45, 2.75) is 0 Å². The molecule has 1 aromatic carbocycles. The van der Waals surface area contributed by atoms with Crippen molar-refractivity contribution in [3.05, 3.63) is 64.4 Å². The molecule has 3 aromatic rings. The number of pyridine rings is 1. The Balaban J connectivity index is 2.51. The first-order valence-electron chi connectivity index (χ1n) is 6.03. The third kappa shape index (κ3) is 1.88. The maximum Gasteiger partial charge on any atom is 0.369 e. The summed E-state index contributed by atoms with van der Waals surface area (Å²) in [5, 5.41) is 33.8. The molecule has 3 rings (SSSR count). The zero-order valence-corrected chi connectivity index (χ0v) is 10.8. The van der Waals surface area contributed by atoms with E-state index in [4.69, 9.17) is 5.26 Å². The highest BCUT2D eigenvalue weighted by atomic mass is 19.2. The van der Waals surface area contributed by atoms with E-state index in [2.05, 4.69) is 4.98 Å². The lowest BCUT2D eigenvalue weighted by atomic mass is 10.1. The van der Waals surface area contributed by atoms with Crippen LogP contribution in [0.5, 0.6) is 0 Å². The zero-order chi connectivity index (χ0) is 15.9. The number of nitriles is 1. The summed E-state index contributed by atoms with van der Waals surface area (Å²) in [7, 11) is 0. The largest absolute Gasteiger partial charge is 0.617 e. The second kappa shape index (κ2) is 4.89. The topological polar surface area (TPSA) is 90.6 Å². The summed E-state index contributed by atoms with van der Waals surface area (Å²) >= 11 is 0. The molecule has 0 saturated heterocycles. The van der Waals surface area contributed by atoms with E-state index in [9.17, 15) is 19.2 Å². The summed E-state index contributed by atoms with van der Waals surface area (Å²) in [5.74, 6) is -2.55. The van der Waals surface area contributed by atoms with Gasteiger partial charge in [0.1, 0.15) is 0 Å². The van der Waals surface area contributed by atoms with Gasteiger partial charge in [0.05, 0.1) is 17.7 Å². The van der Waals surface area contributed by atoms with E-state index >= 15 is 0 Å². The lowest BCUT2D eigenvalue weighted by Gasteiger charge is -2.10. The first-order valence-corrected chi connectivity index (χ1v) is 6.03. The van der Waals surface area contributed by atoms with Crippen LogP contribution in [0.2, 0.25) is 0 Å². The fourth-order valence-electron chi connectivity index (χ4n) is 2.14. The molecular formula is C14H6F2N4O2. The number of rotatable bonds is 1. The summed E-state index contributed by atoms with van der Waals surface area (Å²) < 4.78 is 27.0. The van der Waals surface area contributed by atoms with Crippen LogP contribution in [0.3, 0.4) is 0 Å². The zero-order valence-electron chi connectivity index (χ0n) is 10.8. The Morgan fingerprint density at radius 3 is 2.27 bits per heavy atom. The number of hydrogen-bond donors (Lipinski definition) is 0. The second-order valence-corrected chi connectivity index (χ2v) is 4.39. The minimum Gasteiger partial charge on any atom is -0.617 e. The molecule has 0 amide bonds. The van der Waals surface area contributed by atoms with Crippen molar-refractivity contribution in [2.75, 3.05) is 0 Å². The van der Waals surface area contributed by atoms with Gasteiger partial charge in [0, 0.05) is 12.4 Å². The van der Waals surface area contributed by atoms with Crippen LogP contribution in [-0.4, -0.2) is 4.98 Å². The van der Waals surface area contributed by atoms with Crippen molar-refractivity contribution in [3.8, 4) is 17.3 Å². The summed E-state index contributed by atoms with van der Waals surface area (Å²) in [6.45, 7) is 0. The predicted molar refractivity (Wildman–Crippen MR) is 69.7 cm³/mol. The molecule has 8 heteroatoms.